The lowest BCUT2D eigenvalue weighted by atomic mass is 10.0. The molecule has 2 atom stereocenters. The number of aliphatic carboxylic acids is 1. The Morgan fingerprint density at radius 1 is 1.38 bits per heavy atom. The molecule has 1 aromatic rings. The van der Waals surface area contributed by atoms with E-state index in [1.54, 1.807) is 23.1 Å². The van der Waals surface area contributed by atoms with Gasteiger partial charge in [0.25, 0.3) is 5.91 Å². The summed E-state index contributed by atoms with van der Waals surface area (Å²) >= 11 is 3.37. The molecule has 1 aliphatic rings. The molecule has 0 saturated carbocycles. The van der Waals surface area contributed by atoms with Crippen molar-refractivity contribution in [3.05, 3.63) is 34.3 Å². The predicted octanol–water partition coefficient (Wildman–Crippen LogP) is 2.40. The minimum Gasteiger partial charge on any atom is -0.481 e. The van der Waals surface area contributed by atoms with Crippen molar-refractivity contribution in [1.29, 1.82) is 0 Å². The SMILES string of the molecule is CCCN(C(=O)c1ccccc1Br)C1COCC1C(=O)O. The van der Waals surface area contributed by atoms with Crippen molar-refractivity contribution in [3.8, 4) is 0 Å². The van der Waals surface area contributed by atoms with Gasteiger partial charge in [0.15, 0.2) is 0 Å². The molecule has 0 aliphatic carbocycles. The van der Waals surface area contributed by atoms with Crippen molar-refractivity contribution < 1.29 is 19.4 Å². The smallest absolute Gasteiger partial charge is 0.311 e. The summed E-state index contributed by atoms with van der Waals surface area (Å²) < 4.78 is 6.00. The van der Waals surface area contributed by atoms with Crippen LogP contribution in [0.2, 0.25) is 0 Å². The van der Waals surface area contributed by atoms with Crippen LogP contribution in [0.3, 0.4) is 0 Å². The molecule has 2 unspecified atom stereocenters. The second-order valence-electron chi connectivity index (χ2n) is 5.03. The number of carbonyl (C=O) groups is 2. The zero-order chi connectivity index (χ0) is 15.4. The van der Waals surface area contributed by atoms with Crippen molar-refractivity contribution >= 4 is 27.8 Å². The van der Waals surface area contributed by atoms with Crippen LogP contribution in [0, 0.1) is 5.92 Å². The van der Waals surface area contributed by atoms with Crippen LogP contribution in [0.15, 0.2) is 28.7 Å². The molecule has 0 aromatic heterocycles. The fourth-order valence-electron chi connectivity index (χ4n) is 2.53. The maximum absolute atomic E-state index is 12.8. The minimum absolute atomic E-state index is 0.156. The van der Waals surface area contributed by atoms with E-state index in [1.165, 1.54) is 0 Å². The third-order valence-electron chi connectivity index (χ3n) is 3.60. The zero-order valence-electron chi connectivity index (χ0n) is 11.8. The van der Waals surface area contributed by atoms with Gasteiger partial charge in [0.05, 0.1) is 24.8 Å². The van der Waals surface area contributed by atoms with Crippen LogP contribution in [0.4, 0.5) is 0 Å². The molecule has 1 N–H and O–H groups in total. The molecular weight excluding hydrogens is 338 g/mol. The van der Waals surface area contributed by atoms with E-state index in [1.807, 2.05) is 13.0 Å². The standard InChI is InChI=1S/C15H18BrNO4/c1-2-7-17(13-9-21-8-11(13)15(19)20)14(18)10-5-3-4-6-12(10)16/h3-6,11,13H,2,7-9H2,1H3,(H,19,20). The Labute approximate surface area is 132 Å². The fraction of sp³-hybridized carbons (Fsp3) is 0.467. The van der Waals surface area contributed by atoms with Gasteiger partial charge in [-0.15, -0.1) is 0 Å². The van der Waals surface area contributed by atoms with Crippen molar-refractivity contribution in [2.75, 3.05) is 19.8 Å². The Morgan fingerprint density at radius 3 is 2.71 bits per heavy atom. The van der Waals surface area contributed by atoms with E-state index in [4.69, 9.17) is 4.74 Å². The number of rotatable bonds is 5. The van der Waals surface area contributed by atoms with Crippen molar-refractivity contribution in [1.82, 2.24) is 4.90 Å². The van der Waals surface area contributed by atoms with Gasteiger partial charge in [-0.1, -0.05) is 19.1 Å². The number of carboxylic acids is 1. The summed E-state index contributed by atoms with van der Waals surface area (Å²) in [5.74, 6) is -1.74. The lowest BCUT2D eigenvalue weighted by molar-refractivity contribution is -0.142. The Morgan fingerprint density at radius 2 is 2.10 bits per heavy atom. The highest BCUT2D eigenvalue weighted by Gasteiger charge is 2.40. The number of nitrogens with zero attached hydrogens (tertiary/aromatic N) is 1. The number of carbonyl (C=O) groups excluding carboxylic acids is 1. The fourth-order valence-corrected chi connectivity index (χ4v) is 2.99. The van der Waals surface area contributed by atoms with Gasteiger partial charge in [0, 0.05) is 11.0 Å². The average Bonchev–Trinajstić information content (AvgIpc) is 2.94. The van der Waals surface area contributed by atoms with Gasteiger partial charge in [-0.2, -0.15) is 0 Å². The van der Waals surface area contributed by atoms with Crippen molar-refractivity contribution in [2.24, 2.45) is 5.92 Å². The van der Waals surface area contributed by atoms with E-state index >= 15 is 0 Å². The molecule has 1 fully saturated rings. The van der Waals surface area contributed by atoms with E-state index in [0.29, 0.717) is 16.6 Å². The maximum atomic E-state index is 12.8. The third kappa shape index (κ3) is 3.44. The lowest BCUT2D eigenvalue weighted by Crippen LogP contribution is -2.47. The molecule has 0 spiro atoms. The molecule has 5 nitrogen and oxygen atoms in total. The second-order valence-corrected chi connectivity index (χ2v) is 5.88. The number of hydrogen-bond acceptors (Lipinski definition) is 3. The summed E-state index contributed by atoms with van der Waals surface area (Å²) in [5.41, 5.74) is 0.544. The molecule has 21 heavy (non-hydrogen) atoms. The molecule has 1 saturated heterocycles. The number of halogens is 1. The minimum atomic E-state index is -0.918. The average molecular weight is 356 g/mol. The highest BCUT2D eigenvalue weighted by molar-refractivity contribution is 9.10. The molecule has 1 aromatic carbocycles. The Kier molecular flexibility index (Phi) is 5.36. The summed E-state index contributed by atoms with van der Waals surface area (Å²) in [4.78, 5) is 25.7. The van der Waals surface area contributed by atoms with Crippen LogP contribution >= 0.6 is 15.9 Å². The quantitative estimate of drug-likeness (QED) is 0.880. The first-order valence-electron chi connectivity index (χ1n) is 6.92. The summed E-state index contributed by atoms with van der Waals surface area (Å²) in [5, 5.41) is 9.28. The van der Waals surface area contributed by atoms with Gasteiger partial charge in [0.2, 0.25) is 0 Å². The number of carboxylic acid groups (broad SMARTS) is 1. The highest BCUT2D eigenvalue weighted by atomic mass is 79.9. The normalized spacial score (nSPS) is 21.2. The van der Waals surface area contributed by atoms with Crippen LogP contribution in [-0.2, 0) is 9.53 Å². The summed E-state index contributed by atoms with van der Waals surface area (Å²) in [6.07, 6.45) is 0.763. The molecule has 1 aliphatic heterocycles. The van der Waals surface area contributed by atoms with Crippen LogP contribution in [0.25, 0.3) is 0 Å². The number of amides is 1. The molecule has 0 radical (unpaired) electrons. The molecule has 1 amide bonds. The Balaban J connectivity index is 2.28. The number of ether oxygens (including phenoxy) is 1. The van der Waals surface area contributed by atoms with E-state index in [2.05, 4.69) is 15.9 Å². The van der Waals surface area contributed by atoms with E-state index in [9.17, 15) is 14.7 Å². The van der Waals surface area contributed by atoms with Gasteiger partial charge in [-0.05, 0) is 34.5 Å². The third-order valence-corrected chi connectivity index (χ3v) is 4.29. The zero-order valence-corrected chi connectivity index (χ0v) is 13.4. The summed E-state index contributed by atoms with van der Waals surface area (Å²) in [6.45, 7) is 2.90. The van der Waals surface area contributed by atoms with Gasteiger partial charge < -0.3 is 14.7 Å². The molecule has 2 rings (SSSR count). The molecule has 114 valence electrons. The van der Waals surface area contributed by atoms with Crippen LogP contribution in [0.1, 0.15) is 23.7 Å². The predicted molar refractivity (Wildman–Crippen MR) is 81.2 cm³/mol. The van der Waals surface area contributed by atoms with Gasteiger partial charge in [0.1, 0.15) is 5.92 Å². The first-order chi connectivity index (χ1) is 10.1. The number of benzene rings is 1. The Hall–Kier alpha value is -1.40. The Bertz CT molecular complexity index is 534. The maximum Gasteiger partial charge on any atom is 0.311 e. The van der Waals surface area contributed by atoms with Gasteiger partial charge in [-0.25, -0.2) is 0 Å². The molecule has 6 heteroatoms. The molecule has 0 bridgehead atoms. The van der Waals surface area contributed by atoms with Crippen molar-refractivity contribution in [2.45, 2.75) is 19.4 Å². The first kappa shape index (κ1) is 16.0. The first-order valence-corrected chi connectivity index (χ1v) is 7.71. The van der Waals surface area contributed by atoms with Crippen LogP contribution in [0.5, 0.6) is 0 Å². The van der Waals surface area contributed by atoms with Crippen LogP contribution < -0.4 is 0 Å². The van der Waals surface area contributed by atoms with E-state index < -0.39 is 17.9 Å². The van der Waals surface area contributed by atoms with Gasteiger partial charge in [-0.3, -0.25) is 9.59 Å². The van der Waals surface area contributed by atoms with Crippen molar-refractivity contribution in [3.63, 3.8) is 0 Å². The highest BCUT2D eigenvalue weighted by Crippen LogP contribution is 2.25. The van der Waals surface area contributed by atoms with E-state index in [-0.39, 0.29) is 19.1 Å². The van der Waals surface area contributed by atoms with Crippen LogP contribution in [-0.4, -0.2) is 47.7 Å². The molecular formula is C15H18BrNO4. The second kappa shape index (κ2) is 7.04. The lowest BCUT2D eigenvalue weighted by Gasteiger charge is -2.30. The monoisotopic (exact) mass is 355 g/mol. The molecule has 1 heterocycles. The summed E-state index contributed by atoms with van der Waals surface area (Å²) in [7, 11) is 0. The summed E-state index contributed by atoms with van der Waals surface area (Å²) in [6, 6.07) is 6.76. The topological polar surface area (TPSA) is 66.8 Å². The number of hydrogen-bond donors (Lipinski definition) is 1. The van der Waals surface area contributed by atoms with E-state index in [0.717, 1.165) is 6.42 Å². The van der Waals surface area contributed by atoms with Gasteiger partial charge >= 0.3 is 5.97 Å². The largest absolute Gasteiger partial charge is 0.481 e.